The van der Waals surface area contributed by atoms with Gasteiger partial charge in [0.2, 0.25) is 0 Å². The Balaban J connectivity index is 0.00000256. The molecular formula is C7H5Cl2F3NNaO2S. The summed E-state index contributed by atoms with van der Waals surface area (Å²) in [6.45, 7) is 0. The first kappa shape index (κ1) is 17.5. The van der Waals surface area contributed by atoms with Crippen molar-refractivity contribution in [3.63, 3.8) is 0 Å². The molecule has 0 fully saturated rings. The second-order valence-electron chi connectivity index (χ2n) is 2.72. The second-order valence-corrected chi connectivity index (χ2v) is 5.19. The van der Waals surface area contributed by atoms with Gasteiger partial charge >= 0.3 is 35.7 Å². The molecule has 0 aromatic heterocycles. The molecule has 0 aliphatic rings. The molecule has 0 radical (unpaired) electrons. The van der Waals surface area contributed by atoms with Gasteiger partial charge in [0.25, 0.3) is 10.0 Å². The molecule has 17 heavy (non-hydrogen) atoms. The third-order valence-electron chi connectivity index (χ3n) is 1.65. The molecule has 1 N–H and O–H groups in total. The van der Waals surface area contributed by atoms with E-state index in [2.05, 4.69) is 0 Å². The molecule has 3 nitrogen and oxygen atoms in total. The van der Waals surface area contributed by atoms with Crippen LogP contribution in [0.15, 0.2) is 23.1 Å². The first-order chi connectivity index (χ1) is 7.18. The quantitative estimate of drug-likeness (QED) is 0.671. The van der Waals surface area contributed by atoms with Crippen LogP contribution in [-0.2, 0) is 16.2 Å². The zero-order chi connectivity index (χ0) is 12.6. The van der Waals surface area contributed by atoms with Crippen molar-refractivity contribution in [1.29, 1.82) is 0 Å². The fourth-order valence-electron chi connectivity index (χ4n) is 0.937. The molecule has 0 spiro atoms. The van der Waals surface area contributed by atoms with Crippen LogP contribution in [0.25, 0.3) is 0 Å². The van der Waals surface area contributed by atoms with Gasteiger partial charge in [-0.2, -0.15) is 13.2 Å². The monoisotopic (exact) mass is 317 g/mol. The number of alkyl halides is 3. The fraction of sp³-hybridized carbons (Fsp3) is 0.143. The van der Waals surface area contributed by atoms with Gasteiger partial charge in [-0.25, -0.2) is 8.42 Å². The molecule has 0 aliphatic heterocycles. The Labute approximate surface area is 128 Å². The van der Waals surface area contributed by atoms with E-state index in [0.29, 0.717) is 12.1 Å². The van der Waals surface area contributed by atoms with E-state index in [9.17, 15) is 21.6 Å². The van der Waals surface area contributed by atoms with Gasteiger partial charge in [-0.3, -0.25) is 0 Å². The van der Waals surface area contributed by atoms with Crippen molar-refractivity contribution < 1.29 is 21.6 Å². The average molecular weight is 318 g/mol. The molecule has 0 saturated heterocycles. The van der Waals surface area contributed by atoms with Gasteiger partial charge in [-0.1, -0.05) is 11.6 Å². The van der Waals surface area contributed by atoms with Crippen molar-refractivity contribution in [2.75, 3.05) is 0 Å². The summed E-state index contributed by atoms with van der Waals surface area (Å²) in [5, 5.41) is -0.553. The Morgan fingerprint density at radius 1 is 1.24 bits per heavy atom. The molecule has 0 aliphatic carbocycles. The van der Waals surface area contributed by atoms with E-state index < -0.39 is 31.7 Å². The molecular weight excluding hydrogens is 313 g/mol. The number of rotatable bonds is 2. The molecule has 92 valence electrons. The zero-order valence-corrected chi connectivity index (χ0v) is 9.67. The van der Waals surface area contributed by atoms with Crippen LogP contribution >= 0.6 is 23.4 Å². The summed E-state index contributed by atoms with van der Waals surface area (Å²) in [7, 11) is -4.07. The van der Waals surface area contributed by atoms with Crippen LogP contribution in [-0.4, -0.2) is 38.0 Å². The predicted octanol–water partition coefficient (Wildman–Crippen LogP) is 2.14. The van der Waals surface area contributed by atoms with Gasteiger partial charge < -0.3 is 0 Å². The number of hydrogen-bond acceptors (Lipinski definition) is 2. The predicted molar refractivity (Wildman–Crippen MR) is 59.8 cm³/mol. The van der Waals surface area contributed by atoms with Gasteiger partial charge in [0, 0.05) is 0 Å². The number of nitrogens with one attached hydrogen (secondary N) is 1. The third-order valence-corrected chi connectivity index (χ3v) is 3.82. The van der Waals surface area contributed by atoms with Crippen LogP contribution in [0.4, 0.5) is 13.2 Å². The number of benzene rings is 1. The van der Waals surface area contributed by atoms with Crippen LogP contribution in [0.2, 0.25) is 5.02 Å². The van der Waals surface area contributed by atoms with Crippen LogP contribution in [0, 0.1) is 0 Å². The van der Waals surface area contributed by atoms with Gasteiger partial charge in [0.15, 0.2) is 0 Å². The molecule has 0 atom stereocenters. The summed E-state index contributed by atoms with van der Waals surface area (Å²) in [5.74, 6) is 0. The Hall–Kier alpha value is 0.500. The normalized spacial score (nSPS) is 12.1. The summed E-state index contributed by atoms with van der Waals surface area (Å²) in [6.07, 6.45) is -4.58. The third kappa shape index (κ3) is 4.27. The Morgan fingerprint density at radius 2 is 1.76 bits per heavy atom. The Kier molecular flexibility index (Phi) is 6.28. The van der Waals surface area contributed by atoms with Gasteiger partial charge in [-0.15, -0.1) is 4.24 Å². The first-order valence-corrected chi connectivity index (χ1v) is 5.91. The van der Waals surface area contributed by atoms with Gasteiger partial charge in [0.1, 0.15) is 4.90 Å². The van der Waals surface area contributed by atoms with E-state index in [-0.39, 0.29) is 29.6 Å². The molecule has 1 aromatic rings. The maximum atomic E-state index is 12.2. The summed E-state index contributed by atoms with van der Waals surface area (Å²) in [6, 6.07) is 1.85. The average Bonchev–Trinajstić information content (AvgIpc) is 2.16. The van der Waals surface area contributed by atoms with Crippen molar-refractivity contribution in [3.8, 4) is 0 Å². The van der Waals surface area contributed by atoms with Gasteiger partial charge in [-0.05, 0) is 30.0 Å². The summed E-state index contributed by atoms with van der Waals surface area (Å²) in [4.78, 5) is -0.517. The number of sulfonamides is 1. The fourth-order valence-corrected chi connectivity index (χ4v) is 2.32. The number of hydrogen-bond donors (Lipinski definition) is 1. The van der Waals surface area contributed by atoms with Crippen molar-refractivity contribution in [3.05, 3.63) is 28.8 Å². The Morgan fingerprint density at radius 3 is 2.12 bits per heavy atom. The standard InChI is InChI=1S/C7H4Cl2F3NO2S.Na.H/c8-5-3-4(7(10,11)12)1-2-6(5)16(14,15)13-9;;/h1-3,13H;;. The summed E-state index contributed by atoms with van der Waals surface area (Å²) >= 11 is 10.3. The molecule has 0 saturated carbocycles. The SMILES string of the molecule is O=S(=O)(NCl)c1ccc(C(F)(F)F)cc1Cl.[NaH]. The zero-order valence-electron chi connectivity index (χ0n) is 7.35. The number of halogens is 5. The van der Waals surface area contributed by atoms with E-state index in [0.717, 1.165) is 6.07 Å². The van der Waals surface area contributed by atoms with E-state index in [1.54, 1.807) is 0 Å². The molecule has 0 bridgehead atoms. The van der Waals surface area contributed by atoms with Crippen LogP contribution in [0.1, 0.15) is 5.56 Å². The topological polar surface area (TPSA) is 46.2 Å². The Bertz CT molecular complexity index is 506. The minimum absolute atomic E-state index is 0. The van der Waals surface area contributed by atoms with Crippen molar-refractivity contribution in [2.45, 2.75) is 11.1 Å². The molecule has 1 rings (SSSR count). The van der Waals surface area contributed by atoms with E-state index in [1.807, 2.05) is 0 Å². The summed E-state index contributed by atoms with van der Waals surface area (Å²) in [5.41, 5.74) is -1.04. The first-order valence-electron chi connectivity index (χ1n) is 3.67. The van der Waals surface area contributed by atoms with Crippen molar-refractivity contribution >= 4 is 63.0 Å². The second kappa shape index (κ2) is 6.10. The van der Waals surface area contributed by atoms with E-state index >= 15 is 0 Å². The van der Waals surface area contributed by atoms with Crippen LogP contribution in [0.3, 0.4) is 0 Å². The van der Waals surface area contributed by atoms with Crippen molar-refractivity contribution in [1.82, 2.24) is 4.24 Å². The van der Waals surface area contributed by atoms with Crippen molar-refractivity contribution in [2.24, 2.45) is 0 Å². The summed E-state index contributed by atoms with van der Waals surface area (Å²) < 4.78 is 60.5. The van der Waals surface area contributed by atoms with Crippen LogP contribution in [0.5, 0.6) is 0 Å². The van der Waals surface area contributed by atoms with Crippen LogP contribution < -0.4 is 4.24 Å². The molecule has 0 amide bonds. The maximum absolute atomic E-state index is 12.2. The van der Waals surface area contributed by atoms with E-state index in [4.69, 9.17) is 23.4 Å². The molecule has 10 heteroatoms. The van der Waals surface area contributed by atoms with E-state index in [1.165, 1.54) is 4.24 Å². The molecule has 1 aromatic carbocycles. The van der Waals surface area contributed by atoms with Gasteiger partial charge in [0.05, 0.1) is 10.6 Å². The molecule has 0 heterocycles. The minimum atomic E-state index is -4.58. The molecule has 0 unspecified atom stereocenters.